The molecule has 1 aliphatic carbocycles. The molecule has 0 radical (unpaired) electrons. The molecule has 0 heterocycles. The normalized spacial score (nSPS) is 24.4. The van der Waals surface area contributed by atoms with E-state index >= 15 is 0 Å². The van der Waals surface area contributed by atoms with Crippen molar-refractivity contribution in [1.29, 1.82) is 0 Å². The predicted octanol–water partition coefficient (Wildman–Crippen LogP) is 1.08. The minimum atomic E-state index is -0.145. The van der Waals surface area contributed by atoms with E-state index in [2.05, 4.69) is 12.2 Å². The van der Waals surface area contributed by atoms with Crippen molar-refractivity contribution in [2.75, 3.05) is 13.7 Å². The van der Waals surface area contributed by atoms with Crippen LogP contribution in [-0.2, 0) is 9.53 Å². The summed E-state index contributed by atoms with van der Waals surface area (Å²) in [4.78, 5) is 11.5. The van der Waals surface area contributed by atoms with E-state index in [-0.39, 0.29) is 24.4 Å². The van der Waals surface area contributed by atoms with Gasteiger partial charge in [-0.3, -0.25) is 4.79 Å². The third kappa shape index (κ3) is 5.14. The van der Waals surface area contributed by atoms with Crippen molar-refractivity contribution in [3.05, 3.63) is 0 Å². The first-order chi connectivity index (χ1) is 7.21. The number of ether oxygens (including phenoxy) is 1. The number of carbonyl (C=O) groups is 1. The molecule has 1 rings (SSSR count). The molecule has 5 heteroatoms. The van der Waals surface area contributed by atoms with Crippen molar-refractivity contribution in [2.24, 2.45) is 11.7 Å². The Hall–Kier alpha value is -0.320. The molecule has 1 saturated carbocycles. The first-order valence-corrected chi connectivity index (χ1v) is 5.73. The summed E-state index contributed by atoms with van der Waals surface area (Å²) in [6, 6.07) is 0.410. The van der Waals surface area contributed by atoms with Crippen LogP contribution in [0.5, 0.6) is 0 Å². The monoisotopic (exact) mass is 250 g/mol. The summed E-state index contributed by atoms with van der Waals surface area (Å²) < 4.78 is 5.06. The molecule has 3 N–H and O–H groups in total. The average Bonchev–Trinajstić information content (AvgIpc) is 2.93. The standard InChI is InChI=1S/C11H22N2O2.ClH/c1-3-4-8-5-10(8)13-11(14)6-9(7-12)15-2;/h8-10H,3-7,12H2,1-2H3,(H,13,14);1H. The molecule has 16 heavy (non-hydrogen) atoms. The van der Waals surface area contributed by atoms with Crippen molar-refractivity contribution in [3.8, 4) is 0 Å². The van der Waals surface area contributed by atoms with E-state index in [1.807, 2.05) is 0 Å². The zero-order valence-corrected chi connectivity index (χ0v) is 10.9. The highest BCUT2D eigenvalue weighted by Gasteiger charge is 2.37. The number of nitrogens with two attached hydrogens (primary N) is 1. The van der Waals surface area contributed by atoms with Gasteiger partial charge in [-0.15, -0.1) is 12.4 Å². The van der Waals surface area contributed by atoms with Gasteiger partial charge in [-0.1, -0.05) is 13.3 Å². The minimum absolute atomic E-state index is 0. The Labute approximate surface area is 104 Å². The summed E-state index contributed by atoms with van der Waals surface area (Å²) in [5.74, 6) is 0.772. The Morgan fingerprint density at radius 1 is 1.62 bits per heavy atom. The molecule has 96 valence electrons. The lowest BCUT2D eigenvalue weighted by Crippen LogP contribution is -2.33. The zero-order chi connectivity index (χ0) is 11.3. The Kier molecular flexibility index (Phi) is 7.72. The minimum Gasteiger partial charge on any atom is -0.380 e. The van der Waals surface area contributed by atoms with Gasteiger partial charge in [0.1, 0.15) is 0 Å². The van der Waals surface area contributed by atoms with Gasteiger partial charge in [-0.2, -0.15) is 0 Å². The van der Waals surface area contributed by atoms with Crippen LogP contribution in [0.2, 0.25) is 0 Å². The molecule has 4 nitrogen and oxygen atoms in total. The van der Waals surface area contributed by atoms with Gasteiger partial charge in [0.25, 0.3) is 0 Å². The van der Waals surface area contributed by atoms with Gasteiger partial charge in [-0.25, -0.2) is 0 Å². The van der Waals surface area contributed by atoms with Crippen LogP contribution in [0.4, 0.5) is 0 Å². The lowest BCUT2D eigenvalue weighted by atomic mass is 10.2. The molecule has 1 aliphatic rings. The fourth-order valence-corrected chi connectivity index (χ4v) is 1.85. The van der Waals surface area contributed by atoms with Crippen molar-refractivity contribution < 1.29 is 9.53 Å². The van der Waals surface area contributed by atoms with Gasteiger partial charge in [0.15, 0.2) is 0 Å². The fraction of sp³-hybridized carbons (Fsp3) is 0.909. The molecule has 0 aromatic rings. The summed E-state index contributed by atoms with van der Waals surface area (Å²) in [5, 5.41) is 3.01. The maximum Gasteiger partial charge on any atom is 0.222 e. The van der Waals surface area contributed by atoms with Gasteiger partial charge in [0.05, 0.1) is 12.5 Å². The number of halogens is 1. The molecule has 1 amide bonds. The smallest absolute Gasteiger partial charge is 0.222 e. The summed E-state index contributed by atoms with van der Waals surface area (Å²) in [6.07, 6.45) is 3.78. The highest BCUT2D eigenvalue weighted by molar-refractivity contribution is 5.85. The second kappa shape index (κ2) is 7.87. The van der Waals surface area contributed by atoms with Crippen LogP contribution in [0.25, 0.3) is 0 Å². The van der Waals surface area contributed by atoms with Crippen molar-refractivity contribution >= 4 is 18.3 Å². The number of rotatable bonds is 7. The fourth-order valence-electron chi connectivity index (χ4n) is 1.85. The Morgan fingerprint density at radius 2 is 2.31 bits per heavy atom. The molecule has 3 atom stereocenters. The summed E-state index contributed by atoms with van der Waals surface area (Å²) in [6.45, 7) is 2.57. The summed E-state index contributed by atoms with van der Waals surface area (Å²) >= 11 is 0. The largest absolute Gasteiger partial charge is 0.380 e. The third-order valence-electron chi connectivity index (χ3n) is 2.94. The van der Waals surface area contributed by atoms with Gasteiger partial charge in [0.2, 0.25) is 5.91 Å². The first kappa shape index (κ1) is 15.7. The van der Waals surface area contributed by atoms with Gasteiger partial charge in [0, 0.05) is 19.7 Å². The number of hydrogen-bond donors (Lipinski definition) is 2. The van der Waals surface area contributed by atoms with Crippen LogP contribution in [0.3, 0.4) is 0 Å². The van der Waals surface area contributed by atoms with Crippen LogP contribution in [0.1, 0.15) is 32.6 Å². The summed E-state index contributed by atoms with van der Waals surface area (Å²) in [7, 11) is 1.59. The van der Waals surface area contributed by atoms with E-state index in [4.69, 9.17) is 10.5 Å². The molecule has 0 aromatic heterocycles. The SMILES string of the molecule is CCCC1CC1NC(=O)CC(CN)OC.Cl. The quantitative estimate of drug-likeness (QED) is 0.711. The molecule has 0 aromatic carbocycles. The predicted molar refractivity (Wildman–Crippen MR) is 66.7 cm³/mol. The second-order valence-electron chi connectivity index (χ2n) is 4.26. The molecular weight excluding hydrogens is 228 g/mol. The maximum atomic E-state index is 11.5. The number of methoxy groups -OCH3 is 1. The molecule has 1 fully saturated rings. The van der Waals surface area contributed by atoms with Crippen LogP contribution >= 0.6 is 12.4 Å². The molecule has 0 saturated heterocycles. The molecule has 0 aliphatic heterocycles. The van der Waals surface area contributed by atoms with E-state index in [1.54, 1.807) is 7.11 Å². The highest BCUT2D eigenvalue weighted by atomic mass is 35.5. The number of hydrogen-bond acceptors (Lipinski definition) is 3. The average molecular weight is 251 g/mol. The molecule has 3 unspecified atom stereocenters. The maximum absolute atomic E-state index is 11.5. The number of amides is 1. The third-order valence-corrected chi connectivity index (χ3v) is 2.94. The highest BCUT2D eigenvalue weighted by Crippen LogP contribution is 2.34. The van der Waals surface area contributed by atoms with Crippen LogP contribution in [-0.4, -0.2) is 31.7 Å². The van der Waals surface area contributed by atoms with Crippen LogP contribution in [0.15, 0.2) is 0 Å². The first-order valence-electron chi connectivity index (χ1n) is 5.73. The number of nitrogens with one attached hydrogen (secondary N) is 1. The van der Waals surface area contributed by atoms with E-state index in [0.29, 0.717) is 24.9 Å². The van der Waals surface area contributed by atoms with Crippen LogP contribution < -0.4 is 11.1 Å². The van der Waals surface area contributed by atoms with Crippen molar-refractivity contribution in [2.45, 2.75) is 44.8 Å². The Morgan fingerprint density at radius 3 is 2.81 bits per heavy atom. The second-order valence-corrected chi connectivity index (χ2v) is 4.26. The van der Waals surface area contributed by atoms with Crippen LogP contribution in [0, 0.1) is 5.92 Å². The van der Waals surface area contributed by atoms with Crippen molar-refractivity contribution in [3.63, 3.8) is 0 Å². The molecule has 0 bridgehead atoms. The van der Waals surface area contributed by atoms with Gasteiger partial charge >= 0.3 is 0 Å². The Balaban J connectivity index is 0.00000225. The van der Waals surface area contributed by atoms with E-state index in [0.717, 1.165) is 6.42 Å². The van der Waals surface area contributed by atoms with Crippen molar-refractivity contribution in [1.82, 2.24) is 5.32 Å². The van der Waals surface area contributed by atoms with E-state index in [1.165, 1.54) is 12.8 Å². The number of carbonyl (C=O) groups excluding carboxylic acids is 1. The zero-order valence-electron chi connectivity index (χ0n) is 10.1. The van der Waals surface area contributed by atoms with E-state index in [9.17, 15) is 4.79 Å². The van der Waals surface area contributed by atoms with E-state index < -0.39 is 0 Å². The molecular formula is C11H23ClN2O2. The van der Waals surface area contributed by atoms with Gasteiger partial charge < -0.3 is 15.8 Å². The summed E-state index contributed by atoms with van der Waals surface area (Å²) in [5.41, 5.74) is 5.45. The Bertz CT molecular complexity index is 210. The topological polar surface area (TPSA) is 64.4 Å². The lowest BCUT2D eigenvalue weighted by molar-refractivity contribution is -0.123. The lowest BCUT2D eigenvalue weighted by Gasteiger charge is -2.12. The molecule has 0 spiro atoms. The van der Waals surface area contributed by atoms with Gasteiger partial charge in [-0.05, 0) is 18.8 Å².